The Balaban J connectivity index is 0.000000895. The summed E-state index contributed by atoms with van der Waals surface area (Å²) in [5.41, 5.74) is 2.03. The van der Waals surface area contributed by atoms with E-state index in [4.69, 9.17) is 19.2 Å². The van der Waals surface area contributed by atoms with Crippen LogP contribution in [0.2, 0.25) is 0 Å². The van der Waals surface area contributed by atoms with Gasteiger partial charge in [0.05, 0.1) is 18.1 Å². The van der Waals surface area contributed by atoms with Crippen LogP contribution in [-0.4, -0.2) is 30.8 Å². The van der Waals surface area contributed by atoms with Gasteiger partial charge in [0.25, 0.3) is 0 Å². The summed E-state index contributed by atoms with van der Waals surface area (Å²) in [6, 6.07) is 17.7. The van der Waals surface area contributed by atoms with Crippen molar-refractivity contribution in [2.24, 2.45) is 5.92 Å². The molecular weight excluding hydrogens is 506 g/mol. The summed E-state index contributed by atoms with van der Waals surface area (Å²) in [6.45, 7) is 0. The van der Waals surface area contributed by atoms with Crippen LogP contribution in [0.25, 0.3) is 0 Å². The summed E-state index contributed by atoms with van der Waals surface area (Å²) in [6.07, 6.45) is -0.0344. The summed E-state index contributed by atoms with van der Waals surface area (Å²) >= 11 is 0. The normalized spacial score (nSPS) is 17.8. The van der Waals surface area contributed by atoms with E-state index in [0.29, 0.717) is 24.1 Å². The van der Waals surface area contributed by atoms with Crippen molar-refractivity contribution in [1.29, 1.82) is 0 Å². The van der Waals surface area contributed by atoms with Crippen molar-refractivity contribution in [3.63, 3.8) is 0 Å². The molecule has 1 saturated heterocycles. The third-order valence-electron chi connectivity index (χ3n) is 5.56. The minimum atomic E-state index is -4.64. The number of nitrogens with zero attached hydrogens (tertiary/aromatic N) is 1. The molecule has 1 aliphatic heterocycles. The van der Waals surface area contributed by atoms with Crippen molar-refractivity contribution in [2.45, 2.75) is 25.0 Å². The van der Waals surface area contributed by atoms with Crippen LogP contribution in [0.3, 0.4) is 0 Å². The minimum absolute atomic E-state index is 0. The van der Waals surface area contributed by atoms with Crippen molar-refractivity contribution in [3.05, 3.63) is 95.6 Å². The van der Waals surface area contributed by atoms with E-state index in [1.54, 1.807) is 41.3 Å². The SMILES string of the molecule is O=C1[C@H](CCC(O)c2ccc(F)cc2)[C@@H](c2ccc(O)cc2)N1c1ccc(F)cc1.O=P(O)(O)O.[H-].[Na+]. The Bertz CT molecular complexity index is 1190. The Hall–Kier alpha value is -2.14. The van der Waals surface area contributed by atoms with E-state index in [0.717, 1.165) is 5.56 Å². The van der Waals surface area contributed by atoms with Crippen molar-refractivity contribution < 1.29 is 74.0 Å². The zero-order valence-corrected chi connectivity index (χ0v) is 22.2. The number of amides is 1. The molecule has 3 aromatic rings. The number of phosphoric acid groups is 1. The average Bonchev–Trinajstić information content (AvgIpc) is 2.79. The number of aliphatic hydroxyl groups is 1. The van der Waals surface area contributed by atoms with E-state index in [-0.39, 0.29) is 66.2 Å². The first-order valence-corrected chi connectivity index (χ1v) is 12.1. The fourth-order valence-corrected chi connectivity index (χ4v) is 3.96. The number of aromatic hydroxyl groups is 1. The Kier molecular flexibility index (Phi) is 10.8. The Morgan fingerprint density at radius 3 is 1.86 bits per heavy atom. The molecule has 1 unspecified atom stereocenters. The quantitative estimate of drug-likeness (QED) is 0.182. The van der Waals surface area contributed by atoms with Crippen molar-refractivity contribution in [2.75, 3.05) is 4.90 Å². The molecule has 1 amide bonds. The fourth-order valence-electron chi connectivity index (χ4n) is 3.96. The standard InChI is InChI=1S/C24H21F2NO3.Na.H3O4P.H/c25-17-5-1-15(2-6-17)22(29)14-13-21-23(16-3-11-20(28)12-4-16)27(24(21)30)19-9-7-18(26)8-10-19;;1-5(2,3)4;/h1-12,21-23,28-29H,13-14H2;;(H3,1,2,3,4);/q;+1;;-1/t21-,22?,23-;;;/m1.../s1. The van der Waals surface area contributed by atoms with Crippen molar-refractivity contribution in [1.82, 2.24) is 0 Å². The van der Waals surface area contributed by atoms with E-state index in [1.165, 1.54) is 36.4 Å². The Morgan fingerprint density at radius 2 is 1.36 bits per heavy atom. The second kappa shape index (κ2) is 12.9. The van der Waals surface area contributed by atoms with Gasteiger partial charge in [-0.25, -0.2) is 13.3 Å². The topological polar surface area (TPSA) is 139 Å². The van der Waals surface area contributed by atoms with Gasteiger partial charge in [0.15, 0.2) is 0 Å². The molecule has 8 nitrogen and oxygen atoms in total. The summed E-state index contributed by atoms with van der Waals surface area (Å²) < 4.78 is 35.3. The van der Waals surface area contributed by atoms with Gasteiger partial charge in [-0.2, -0.15) is 0 Å². The number of phenolic OH excluding ortho intramolecular Hbond substituents is 1. The largest absolute Gasteiger partial charge is 1.00 e. The molecule has 0 spiro atoms. The maximum Gasteiger partial charge on any atom is 1.00 e. The van der Waals surface area contributed by atoms with Gasteiger partial charge in [0.1, 0.15) is 17.4 Å². The predicted octanol–water partition coefficient (Wildman–Crippen LogP) is 1.08. The van der Waals surface area contributed by atoms with E-state index < -0.39 is 13.9 Å². The number of carbonyl (C=O) groups excluding carboxylic acids is 1. The van der Waals surface area contributed by atoms with Crippen molar-refractivity contribution in [3.8, 4) is 5.75 Å². The molecule has 188 valence electrons. The van der Waals surface area contributed by atoms with Crippen LogP contribution in [0.15, 0.2) is 72.8 Å². The van der Waals surface area contributed by atoms with Crippen molar-refractivity contribution >= 4 is 19.4 Å². The molecule has 12 heteroatoms. The van der Waals surface area contributed by atoms with Crippen LogP contribution in [0, 0.1) is 17.6 Å². The molecule has 0 bridgehead atoms. The third-order valence-corrected chi connectivity index (χ3v) is 5.56. The number of carbonyl (C=O) groups is 1. The van der Waals surface area contributed by atoms with E-state index >= 15 is 0 Å². The first-order chi connectivity index (χ1) is 16.4. The van der Waals surface area contributed by atoms with Crippen LogP contribution in [0.4, 0.5) is 14.5 Å². The van der Waals surface area contributed by atoms with Crippen LogP contribution in [0.5, 0.6) is 5.75 Å². The molecule has 1 fully saturated rings. The molecule has 1 heterocycles. The minimum Gasteiger partial charge on any atom is -1.00 e. The third kappa shape index (κ3) is 8.19. The zero-order chi connectivity index (χ0) is 25.8. The first kappa shape index (κ1) is 30.1. The number of benzene rings is 3. The van der Waals surface area contributed by atoms with Crippen LogP contribution < -0.4 is 34.5 Å². The fraction of sp³-hybridized carbons (Fsp3) is 0.208. The van der Waals surface area contributed by atoms with Gasteiger partial charge in [-0.3, -0.25) is 4.79 Å². The van der Waals surface area contributed by atoms with Gasteiger partial charge in [-0.05, 0) is 72.5 Å². The van der Waals surface area contributed by atoms with Gasteiger partial charge < -0.3 is 31.2 Å². The smallest absolute Gasteiger partial charge is 1.00 e. The average molecular weight is 531 g/mol. The number of phenols is 1. The van der Waals surface area contributed by atoms with Crippen LogP contribution >= 0.6 is 7.82 Å². The van der Waals surface area contributed by atoms with Gasteiger partial charge in [0, 0.05) is 5.69 Å². The predicted molar refractivity (Wildman–Crippen MR) is 124 cm³/mol. The molecule has 4 rings (SSSR count). The van der Waals surface area contributed by atoms with E-state index in [1.807, 2.05) is 0 Å². The maximum atomic E-state index is 13.3. The summed E-state index contributed by atoms with van der Waals surface area (Å²) in [7, 11) is -4.64. The second-order valence-corrected chi connectivity index (χ2v) is 9.01. The number of β-lactam (4-membered cyclic amide) rings is 1. The number of hydrogen-bond donors (Lipinski definition) is 5. The maximum absolute atomic E-state index is 13.3. The Morgan fingerprint density at radius 1 is 0.889 bits per heavy atom. The van der Waals surface area contributed by atoms with Gasteiger partial charge in [-0.1, -0.05) is 24.3 Å². The Labute approximate surface area is 229 Å². The number of hydrogen-bond acceptors (Lipinski definition) is 4. The van der Waals surface area contributed by atoms with E-state index in [9.17, 15) is 23.8 Å². The monoisotopic (exact) mass is 531 g/mol. The van der Waals surface area contributed by atoms with Gasteiger partial charge in [-0.15, -0.1) is 0 Å². The van der Waals surface area contributed by atoms with Crippen LogP contribution in [0.1, 0.15) is 37.5 Å². The molecule has 0 aromatic heterocycles. The molecule has 0 radical (unpaired) electrons. The molecule has 36 heavy (non-hydrogen) atoms. The molecule has 3 atom stereocenters. The van der Waals surface area contributed by atoms with Gasteiger partial charge in [0.2, 0.25) is 5.91 Å². The number of anilines is 1. The van der Waals surface area contributed by atoms with E-state index in [2.05, 4.69) is 0 Å². The number of rotatable bonds is 6. The summed E-state index contributed by atoms with van der Waals surface area (Å²) in [4.78, 5) is 36.1. The number of halogens is 2. The second-order valence-electron chi connectivity index (χ2n) is 7.99. The zero-order valence-electron chi connectivity index (χ0n) is 20.3. The molecule has 3 aromatic carbocycles. The molecule has 1 aliphatic rings. The summed E-state index contributed by atoms with van der Waals surface area (Å²) in [5, 5.41) is 20.1. The summed E-state index contributed by atoms with van der Waals surface area (Å²) in [5.74, 6) is -1.10. The van der Waals surface area contributed by atoms with Gasteiger partial charge >= 0.3 is 37.4 Å². The van der Waals surface area contributed by atoms with Crippen LogP contribution in [-0.2, 0) is 9.36 Å². The molecule has 5 N–H and O–H groups in total. The number of aliphatic hydroxyl groups excluding tert-OH is 1. The first-order valence-electron chi connectivity index (χ1n) is 10.5. The molecular formula is C24H25F2NNaO7P. The molecule has 0 aliphatic carbocycles. The molecule has 0 saturated carbocycles.